The molecular weight excluding hydrogens is 282 g/mol. The maximum atomic E-state index is 12.3. The molecule has 2 N–H and O–H groups in total. The summed E-state index contributed by atoms with van der Waals surface area (Å²) in [5, 5.41) is 5.80. The monoisotopic (exact) mass is 305 g/mol. The number of piperidine rings is 1. The highest BCUT2D eigenvalue weighted by molar-refractivity contribution is 5.83. The quantitative estimate of drug-likeness (QED) is 0.853. The van der Waals surface area contributed by atoms with Gasteiger partial charge in [0.15, 0.2) is 0 Å². The second-order valence-electron chi connectivity index (χ2n) is 6.06. The van der Waals surface area contributed by atoms with Gasteiger partial charge in [0.2, 0.25) is 11.8 Å². The number of hydrogen-bond acceptors (Lipinski definition) is 4. The van der Waals surface area contributed by atoms with E-state index in [1.54, 1.807) is 6.26 Å². The maximum absolute atomic E-state index is 12.3. The number of furan rings is 1. The minimum Gasteiger partial charge on any atom is -0.468 e. The molecule has 2 unspecified atom stereocenters. The Hall–Kier alpha value is -1.82. The molecule has 0 aliphatic carbocycles. The number of amides is 2. The molecule has 1 aromatic rings. The van der Waals surface area contributed by atoms with Crippen molar-refractivity contribution in [3.8, 4) is 0 Å². The Labute approximate surface area is 130 Å². The van der Waals surface area contributed by atoms with Crippen molar-refractivity contribution in [1.29, 1.82) is 0 Å². The molecule has 0 radical (unpaired) electrons. The summed E-state index contributed by atoms with van der Waals surface area (Å²) in [6.07, 6.45) is 5.13. The third kappa shape index (κ3) is 3.50. The molecule has 2 atom stereocenters. The SMILES string of the molecule is O=C1CCC(C(=O)NCC(c2ccco2)N2CCCC2)CN1. The van der Waals surface area contributed by atoms with Crippen LogP contribution in [-0.2, 0) is 9.59 Å². The summed E-state index contributed by atoms with van der Waals surface area (Å²) < 4.78 is 5.55. The largest absolute Gasteiger partial charge is 0.468 e. The number of likely N-dealkylation sites (tertiary alicyclic amines) is 1. The molecule has 6 nitrogen and oxygen atoms in total. The molecule has 1 aromatic heterocycles. The molecule has 2 amide bonds. The second kappa shape index (κ2) is 6.96. The summed E-state index contributed by atoms with van der Waals surface area (Å²) in [6.45, 7) is 3.08. The fourth-order valence-electron chi connectivity index (χ4n) is 3.24. The van der Waals surface area contributed by atoms with Gasteiger partial charge in [-0.15, -0.1) is 0 Å². The smallest absolute Gasteiger partial charge is 0.224 e. The Balaban J connectivity index is 1.57. The molecule has 22 heavy (non-hydrogen) atoms. The molecule has 0 saturated carbocycles. The van der Waals surface area contributed by atoms with Crippen LogP contribution in [0.15, 0.2) is 22.8 Å². The van der Waals surface area contributed by atoms with E-state index in [0.717, 1.165) is 18.8 Å². The van der Waals surface area contributed by atoms with Gasteiger partial charge in [0, 0.05) is 19.5 Å². The highest BCUT2D eigenvalue weighted by atomic mass is 16.3. The van der Waals surface area contributed by atoms with Crippen molar-refractivity contribution in [2.24, 2.45) is 5.92 Å². The van der Waals surface area contributed by atoms with Crippen LogP contribution in [0, 0.1) is 5.92 Å². The van der Waals surface area contributed by atoms with Gasteiger partial charge < -0.3 is 15.1 Å². The zero-order valence-electron chi connectivity index (χ0n) is 12.7. The lowest BCUT2D eigenvalue weighted by Gasteiger charge is -2.27. The predicted molar refractivity (Wildman–Crippen MR) is 81.0 cm³/mol. The van der Waals surface area contributed by atoms with Gasteiger partial charge >= 0.3 is 0 Å². The van der Waals surface area contributed by atoms with E-state index in [9.17, 15) is 9.59 Å². The van der Waals surface area contributed by atoms with Gasteiger partial charge in [-0.3, -0.25) is 14.5 Å². The topological polar surface area (TPSA) is 74.6 Å². The van der Waals surface area contributed by atoms with Crippen LogP contribution in [0.25, 0.3) is 0 Å². The van der Waals surface area contributed by atoms with Gasteiger partial charge in [-0.2, -0.15) is 0 Å². The number of carbonyl (C=O) groups excluding carboxylic acids is 2. The Bertz CT molecular complexity index is 499. The number of nitrogens with zero attached hydrogens (tertiary/aromatic N) is 1. The number of carbonyl (C=O) groups is 2. The van der Waals surface area contributed by atoms with Crippen LogP contribution >= 0.6 is 0 Å². The van der Waals surface area contributed by atoms with Crippen LogP contribution in [0.5, 0.6) is 0 Å². The average Bonchev–Trinajstić information content (AvgIpc) is 3.22. The number of nitrogens with one attached hydrogen (secondary N) is 2. The first-order valence-corrected chi connectivity index (χ1v) is 8.06. The summed E-state index contributed by atoms with van der Waals surface area (Å²) in [6, 6.07) is 3.95. The van der Waals surface area contributed by atoms with E-state index in [1.165, 1.54) is 12.8 Å². The second-order valence-corrected chi connectivity index (χ2v) is 6.06. The Kier molecular flexibility index (Phi) is 4.77. The molecule has 3 rings (SSSR count). The van der Waals surface area contributed by atoms with Crippen LogP contribution in [0.3, 0.4) is 0 Å². The van der Waals surface area contributed by atoms with Gasteiger partial charge in [0.25, 0.3) is 0 Å². The molecule has 2 fully saturated rings. The predicted octanol–water partition coefficient (Wildman–Crippen LogP) is 1.06. The lowest BCUT2D eigenvalue weighted by atomic mass is 9.98. The van der Waals surface area contributed by atoms with Crippen LogP contribution in [0.4, 0.5) is 0 Å². The lowest BCUT2D eigenvalue weighted by molar-refractivity contribution is -0.129. The van der Waals surface area contributed by atoms with E-state index in [1.807, 2.05) is 12.1 Å². The summed E-state index contributed by atoms with van der Waals surface area (Å²) in [7, 11) is 0. The standard InChI is InChI=1S/C16H23N3O3/c20-15-6-5-12(10-17-15)16(21)18-11-13(14-4-3-9-22-14)19-7-1-2-8-19/h3-4,9,12-13H,1-2,5-8,10-11H2,(H,17,20)(H,18,21). The van der Waals surface area contributed by atoms with E-state index in [0.29, 0.717) is 25.9 Å². The lowest BCUT2D eigenvalue weighted by Crippen LogP contribution is -2.45. The maximum Gasteiger partial charge on any atom is 0.224 e. The first-order valence-electron chi connectivity index (χ1n) is 8.06. The van der Waals surface area contributed by atoms with Crippen LogP contribution in [-0.4, -0.2) is 42.9 Å². The summed E-state index contributed by atoms with van der Waals surface area (Å²) in [5.41, 5.74) is 0. The summed E-state index contributed by atoms with van der Waals surface area (Å²) in [4.78, 5) is 25.8. The van der Waals surface area contributed by atoms with Gasteiger partial charge in [-0.25, -0.2) is 0 Å². The van der Waals surface area contributed by atoms with Crippen LogP contribution in [0.1, 0.15) is 37.5 Å². The number of hydrogen-bond donors (Lipinski definition) is 2. The van der Waals surface area contributed by atoms with Gasteiger partial charge in [0.05, 0.1) is 18.2 Å². The molecule has 2 saturated heterocycles. The molecule has 3 heterocycles. The molecule has 2 aliphatic rings. The van der Waals surface area contributed by atoms with Crippen molar-refractivity contribution in [1.82, 2.24) is 15.5 Å². The summed E-state index contributed by atoms with van der Waals surface area (Å²) >= 11 is 0. The Morgan fingerprint density at radius 3 is 2.91 bits per heavy atom. The molecule has 0 spiro atoms. The fourth-order valence-corrected chi connectivity index (χ4v) is 3.24. The minimum atomic E-state index is -0.117. The third-order valence-electron chi connectivity index (χ3n) is 4.56. The van der Waals surface area contributed by atoms with Crippen molar-refractivity contribution < 1.29 is 14.0 Å². The van der Waals surface area contributed by atoms with Crippen LogP contribution < -0.4 is 10.6 Å². The van der Waals surface area contributed by atoms with Gasteiger partial charge in [0.1, 0.15) is 5.76 Å². The minimum absolute atomic E-state index is 0.0238. The molecule has 0 aromatic carbocycles. The van der Waals surface area contributed by atoms with Crippen molar-refractivity contribution >= 4 is 11.8 Å². The Morgan fingerprint density at radius 2 is 2.27 bits per heavy atom. The Morgan fingerprint density at radius 1 is 1.45 bits per heavy atom. The van der Waals surface area contributed by atoms with Gasteiger partial charge in [-0.05, 0) is 44.5 Å². The van der Waals surface area contributed by atoms with Crippen LogP contribution in [0.2, 0.25) is 0 Å². The van der Waals surface area contributed by atoms with Crippen molar-refractivity contribution in [3.05, 3.63) is 24.2 Å². The zero-order valence-corrected chi connectivity index (χ0v) is 12.7. The van der Waals surface area contributed by atoms with Crippen molar-refractivity contribution in [3.63, 3.8) is 0 Å². The van der Waals surface area contributed by atoms with Crippen molar-refractivity contribution in [2.75, 3.05) is 26.2 Å². The highest BCUT2D eigenvalue weighted by Crippen LogP contribution is 2.25. The fraction of sp³-hybridized carbons (Fsp3) is 0.625. The molecule has 6 heteroatoms. The first-order chi connectivity index (χ1) is 10.7. The first kappa shape index (κ1) is 15.1. The average molecular weight is 305 g/mol. The number of rotatable bonds is 5. The van der Waals surface area contributed by atoms with E-state index in [4.69, 9.17) is 4.42 Å². The van der Waals surface area contributed by atoms with E-state index in [-0.39, 0.29) is 23.8 Å². The summed E-state index contributed by atoms with van der Waals surface area (Å²) in [5.74, 6) is 0.845. The molecule has 0 bridgehead atoms. The van der Waals surface area contributed by atoms with E-state index < -0.39 is 0 Å². The van der Waals surface area contributed by atoms with E-state index >= 15 is 0 Å². The van der Waals surface area contributed by atoms with Gasteiger partial charge in [-0.1, -0.05) is 0 Å². The molecular formula is C16H23N3O3. The zero-order chi connectivity index (χ0) is 15.4. The highest BCUT2D eigenvalue weighted by Gasteiger charge is 2.28. The molecule has 2 aliphatic heterocycles. The normalized spacial score (nSPS) is 24.0. The van der Waals surface area contributed by atoms with E-state index in [2.05, 4.69) is 15.5 Å². The third-order valence-corrected chi connectivity index (χ3v) is 4.56. The van der Waals surface area contributed by atoms with Crippen molar-refractivity contribution in [2.45, 2.75) is 31.7 Å². The molecule has 120 valence electrons.